The number of ether oxygens (including phenoxy) is 2. The van der Waals surface area contributed by atoms with Crippen molar-refractivity contribution in [1.29, 1.82) is 0 Å². The Bertz CT molecular complexity index is 1060. The predicted octanol–water partition coefficient (Wildman–Crippen LogP) is 3.99. The molecule has 0 fully saturated rings. The maximum atomic E-state index is 12.1. The average molecular weight is 643 g/mol. The normalized spacial score (nSPS) is 11.4. The van der Waals surface area contributed by atoms with Crippen molar-refractivity contribution in [3.63, 3.8) is 0 Å². The van der Waals surface area contributed by atoms with E-state index in [1.807, 2.05) is 0 Å². The Labute approximate surface area is 196 Å². The van der Waals surface area contributed by atoms with Gasteiger partial charge in [0.1, 0.15) is 15.9 Å². The van der Waals surface area contributed by atoms with E-state index >= 15 is 0 Å². The van der Waals surface area contributed by atoms with Crippen LogP contribution in [0, 0.1) is 14.1 Å². The fourth-order valence-corrected chi connectivity index (χ4v) is 4.48. The topological polar surface area (TPSA) is 110 Å². The largest absolute Gasteiger partial charge is 0.744 e. The van der Waals surface area contributed by atoms with Crippen molar-refractivity contribution in [3.05, 3.63) is 54.2 Å². The van der Waals surface area contributed by atoms with Crippen molar-refractivity contribution < 1.29 is 32.0 Å². The quantitative estimate of drug-likeness (QED) is 0.203. The number of carbonyl (C=O) groups excluding carboxylic acids is 2. The van der Waals surface area contributed by atoms with Crippen LogP contribution in [0.4, 0.5) is 0 Å². The van der Waals surface area contributed by atoms with E-state index in [-0.39, 0.29) is 27.7 Å². The van der Waals surface area contributed by atoms with Gasteiger partial charge in [-0.25, -0.2) is 18.0 Å². The minimum atomic E-state index is -4.67. The van der Waals surface area contributed by atoms with Crippen molar-refractivity contribution in [3.8, 4) is 5.75 Å². The lowest BCUT2D eigenvalue weighted by molar-refractivity contribution is -0.137. The predicted molar refractivity (Wildman–Crippen MR) is 121 cm³/mol. The van der Waals surface area contributed by atoms with Crippen LogP contribution in [0.15, 0.2) is 35.2 Å². The van der Waals surface area contributed by atoms with E-state index in [1.165, 1.54) is 19.1 Å². The van der Waals surface area contributed by atoms with E-state index in [0.29, 0.717) is 5.56 Å². The van der Waals surface area contributed by atoms with Gasteiger partial charge in [0, 0.05) is 7.14 Å². The standard InChI is InChI=1S/C19H18I2O7S/c1-10(2)14-8-13(6-11(3)18(14)29(24,25)26)28-17(22)9-27-19(23)12-4-5-15(20)16(21)7-12/h4-8,10H,9H2,1-3H3,(H,24,25,26)/p-1. The molecule has 0 aromatic heterocycles. The van der Waals surface area contributed by atoms with E-state index in [9.17, 15) is 22.6 Å². The molecule has 10 heteroatoms. The lowest BCUT2D eigenvalue weighted by Crippen LogP contribution is -2.19. The second-order valence-corrected chi connectivity index (χ2v) is 10.1. The summed E-state index contributed by atoms with van der Waals surface area (Å²) in [7, 11) is -4.67. The summed E-state index contributed by atoms with van der Waals surface area (Å²) in [5, 5.41) is 0. The van der Waals surface area contributed by atoms with Gasteiger partial charge in [-0.1, -0.05) is 13.8 Å². The zero-order valence-electron chi connectivity index (χ0n) is 15.7. The zero-order valence-corrected chi connectivity index (χ0v) is 20.8. The van der Waals surface area contributed by atoms with E-state index in [0.717, 1.165) is 7.14 Å². The molecule has 2 aromatic carbocycles. The number of aryl methyl sites for hydroxylation is 1. The Kier molecular flexibility index (Phi) is 8.04. The van der Waals surface area contributed by atoms with Gasteiger partial charge in [-0.05, 0) is 99.5 Å². The van der Waals surface area contributed by atoms with Gasteiger partial charge >= 0.3 is 11.9 Å². The van der Waals surface area contributed by atoms with Gasteiger partial charge in [-0.3, -0.25) is 0 Å². The van der Waals surface area contributed by atoms with Gasteiger partial charge in [0.2, 0.25) is 0 Å². The summed E-state index contributed by atoms with van der Waals surface area (Å²) in [5.74, 6) is -1.70. The molecular formula is C19H17I2O7S-. The number of benzene rings is 2. The molecule has 0 aliphatic carbocycles. The summed E-state index contributed by atoms with van der Waals surface area (Å²) in [6, 6.07) is 7.63. The summed E-state index contributed by atoms with van der Waals surface area (Å²) in [6.07, 6.45) is 0. The molecule has 7 nitrogen and oxygen atoms in total. The van der Waals surface area contributed by atoms with Crippen molar-refractivity contribution in [1.82, 2.24) is 0 Å². The maximum Gasteiger partial charge on any atom is 0.349 e. The second kappa shape index (κ2) is 9.71. The lowest BCUT2D eigenvalue weighted by Gasteiger charge is -2.19. The van der Waals surface area contributed by atoms with E-state index < -0.39 is 28.7 Å². The molecule has 2 aromatic rings. The number of rotatable bonds is 6. The van der Waals surface area contributed by atoms with Gasteiger partial charge in [0.25, 0.3) is 0 Å². The smallest absolute Gasteiger partial charge is 0.349 e. The minimum Gasteiger partial charge on any atom is -0.744 e. The number of halogens is 2. The Balaban J connectivity index is 2.12. The van der Waals surface area contributed by atoms with Gasteiger partial charge in [-0.15, -0.1) is 0 Å². The molecule has 0 N–H and O–H groups in total. The third-order valence-corrected chi connectivity index (χ3v) is 7.78. The molecule has 156 valence electrons. The summed E-state index contributed by atoms with van der Waals surface area (Å²) in [4.78, 5) is 23.8. The third-order valence-electron chi connectivity index (χ3n) is 3.86. The Morgan fingerprint density at radius 2 is 1.76 bits per heavy atom. The molecule has 0 aliphatic rings. The number of carbonyl (C=O) groups is 2. The SMILES string of the molecule is Cc1cc(OC(=O)COC(=O)c2ccc(I)c(I)c2)cc(C(C)C)c1S(=O)(=O)[O-]. The molecule has 0 bridgehead atoms. The first-order chi connectivity index (χ1) is 13.4. The monoisotopic (exact) mass is 643 g/mol. The molecule has 2 rings (SSSR count). The van der Waals surface area contributed by atoms with Gasteiger partial charge in [0.05, 0.1) is 10.5 Å². The summed E-state index contributed by atoms with van der Waals surface area (Å²) >= 11 is 4.22. The molecule has 0 aliphatic heterocycles. The van der Waals surface area contributed by atoms with Crippen molar-refractivity contribution >= 4 is 67.2 Å². The molecule has 0 radical (unpaired) electrons. The molecule has 0 amide bonds. The second-order valence-electron chi connectivity index (χ2n) is 6.45. The van der Waals surface area contributed by atoms with Crippen molar-refractivity contribution in [2.24, 2.45) is 0 Å². The molecule has 0 saturated heterocycles. The molecule has 0 unspecified atom stereocenters. The van der Waals surface area contributed by atoms with Crippen LogP contribution in [0.25, 0.3) is 0 Å². The number of hydrogen-bond acceptors (Lipinski definition) is 7. The van der Waals surface area contributed by atoms with Crippen LogP contribution >= 0.6 is 45.2 Å². The van der Waals surface area contributed by atoms with Crippen LogP contribution in [-0.2, 0) is 19.6 Å². The van der Waals surface area contributed by atoms with Crippen LogP contribution in [-0.4, -0.2) is 31.5 Å². The van der Waals surface area contributed by atoms with Crippen molar-refractivity contribution in [2.45, 2.75) is 31.6 Å². The first kappa shape index (κ1) is 24.0. The minimum absolute atomic E-state index is 0.0727. The van der Waals surface area contributed by atoms with Crippen LogP contribution in [0.2, 0.25) is 0 Å². The summed E-state index contributed by atoms with van der Waals surface area (Å²) in [5.41, 5.74) is 0.748. The average Bonchev–Trinajstić information content (AvgIpc) is 2.60. The lowest BCUT2D eigenvalue weighted by atomic mass is 10.0. The Morgan fingerprint density at radius 3 is 2.31 bits per heavy atom. The highest BCUT2D eigenvalue weighted by Crippen LogP contribution is 2.31. The third kappa shape index (κ3) is 6.36. The van der Waals surface area contributed by atoms with Crippen LogP contribution in [0.5, 0.6) is 5.75 Å². The summed E-state index contributed by atoms with van der Waals surface area (Å²) in [6.45, 7) is 4.28. The molecular weight excluding hydrogens is 626 g/mol. The molecule has 0 heterocycles. The number of esters is 2. The Hall–Kier alpha value is -1.25. The molecule has 0 saturated carbocycles. The van der Waals surface area contributed by atoms with Gasteiger partial charge in [-0.2, -0.15) is 0 Å². The summed E-state index contributed by atoms with van der Waals surface area (Å²) < 4.78 is 46.7. The van der Waals surface area contributed by atoms with Crippen LogP contribution in [0.3, 0.4) is 0 Å². The highest BCUT2D eigenvalue weighted by Gasteiger charge is 2.19. The van der Waals surface area contributed by atoms with Gasteiger partial charge in [0.15, 0.2) is 6.61 Å². The van der Waals surface area contributed by atoms with E-state index in [2.05, 4.69) is 45.2 Å². The number of hydrogen-bond donors (Lipinski definition) is 0. The van der Waals surface area contributed by atoms with Crippen LogP contribution < -0.4 is 4.74 Å². The first-order valence-electron chi connectivity index (χ1n) is 8.33. The van der Waals surface area contributed by atoms with Crippen molar-refractivity contribution in [2.75, 3.05) is 6.61 Å². The molecule has 0 spiro atoms. The van der Waals surface area contributed by atoms with E-state index in [1.54, 1.807) is 32.0 Å². The highest BCUT2D eigenvalue weighted by atomic mass is 127. The fourth-order valence-electron chi connectivity index (χ4n) is 2.59. The fraction of sp³-hybridized carbons (Fsp3) is 0.263. The Morgan fingerprint density at radius 1 is 1.10 bits per heavy atom. The van der Waals surface area contributed by atoms with Gasteiger partial charge < -0.3 is 14.0 Å². The first-order valence-corrected chi connectivity index (χ1v) is 11.9. The van der Waals surface area contributed by atoms with Crippen LogP contribution in [0.1, 0.15) is 41.3 Å². The van der Waals surface area contributed by atoms with E-state index in [4.69, 9.17) is 9.47 Å². The maximum absolute atomic E-state index is 12.1. The zero-order chi connectivity index (χ0) is 21.9. The molecule has 0 atom stereocenters. The molecule has 29 heavy (non-hydrogen) atoms. The highest BCUT2D eigenvalue weighted by molar-refractivity contribution is 14.1.